The lowest BCUT2D eigenvalue weighted by Crippen LogP contribution is -2.06. The Hall–Kier alpha value is -2.73. The molecular weight excluding hydrogens is 379 g/mol. The Labute approximate surface area is 158 Å². The minimum atomic E-state index is -4.46. The summed E-state index contributed by atoms with van der Waals surface area (Å²) in [4.78, 5) is 11.6. The van der Waals surface area contributed by atoms with Gasteiger partial charge in [0.1, 0.15) is 0 Å². The second kappa shape index (κ2) is 7.48. The molecule has 0 amide bonds. The maximum atomic E-state index is 13.1. The molecule has 0 saturated carbocycles. The number of esters is 1. The van der Waals surface area contributed by atoms with Crippen molar-refractivity contribution in [1.29, 1.82) is 0 Å². The SMILES string of the molecule is CCOC(=O)/C=C/c1cc2cc(Cl)ccc2n1-c1cccc(C(F)(F)F)c1. The van der Waals surface area contributed by atoms with Gasteiger partial charge in [0.15, 0.2) is 0 Å². The average Bonchev–Trinajstić information content (AvgIpc) is 2.97. The van der Waals surface area contributed by atoms with E-state index in [1.807, 2.05) is 0 Å². The zero-order valence-corrected chi connectivity index (χ0v) is 15.0. The molecule has 3 rings (SSSR count). The predicted octanol–water partition coefficient (Wildman–Crippen LogP) is 5.88. The van der Waals surface area contributed by atoms with E-state index in [1.165, 1.54) is 18.2 Å². The molecule has 0 unspecified atom stereocenters. The number of hydrogen-bond donors (Lipinski definition) is 0. The van der Waals surface area contributed by atoms with Gasteiger partial charge in [-0.15, -0.1) is 0 Å². The summed E-state index contributed by atoms with van der Waals surface area (Å²) in [7, 11) is 0. The maximum absolute atomic E-state index is 13.1. The van der Waals surface area contributed by atoms with Crippen molar-refractivity contribution in [3.05, 3.63) is 70.9 Å². The maximum Gasteiger partial charge on any atom is 0.416 e. The summed E-state index contributed by atoms with van der Waals surface area (Å²) in [6.45, 7) is 1.92. The molecule has 0 bridgehead atoms. The van der Waals surface area contributed by atoms with E-state index in [0.29, 0.717) is 21.9 Å². The van der Waals surface area contributed by atoms with Gasteiger partial charge in [-0.2, -0.15) is 13.2 Å². The zero-order chi connectivity index (χ0) is 19.6. The highest BCUT2D eigenvalue weighted by Gasteiger charge is 2.30. The molecule has 140 valence electrons. The Balaban J connectivity index is 2.18. The van der Waals surface area contributed by atoms with Crippen LogP contribution < -0.4 is 0 Å². The van der Waals surface area contributed by atoms with E-state index in [4.69, 9.17) is 16.3 Å². The lowest BCUT2D eigenvalue weighted by atomic mass is 10.2. The Morgan fingerprint density at radius 1 is 1.19 bits per heavy atom. The van der Waals surface area contributed by atoms with Crippen molar-refractivity contribution in [2.24, 2.45) is 0 Å². The van der Waals surface area contributed by atoms with E-state index in [2.05, 4.69) is 0 Å². The standard InChI is InChI=1S/C20H15ClF3NO2/c1-2-27-19(26)9-7-17-11-13-10-15(21)6-8-18(13)25(17)16-5-3-4-14(12-16)20(22,23)24/h3-12H,2H2,1H3/b9-7+. The second-order valence-corrected chi connectivity index (χ2v) is 6.18. The number of halogens is 4. The van der Waals surface area contributed by atoms with Crippen LogP contribution in [-0.2, 0) is 15.7 Å². The highest BCUT2D eigenvalue weighted by Crippen LogP contribution is 2.33. The molecule has 0 N–H and O–H groups in total. The number of nitrogens with zero attached hydrogens (tertiary/aromatic N) is 1. The Kier molecular flexibility index (Phi) is 5.28. The summed E-state index contributed by atoms with van der Waals surface area (Å²) in [6, 6.07) is 11.8. The molecule has 3 aromatic rings. The lowest BCUT2D eigenvalue weighted by molar-refractivity contribution is -0.138. The number of rotatable bonds is 4. The van der Waals surface area contributed by atoms with Gasteiger partial charge < -0.3 is 9.30 Å². The first kappa shape index (κ1) is 19.0. The number of alkyl halides is 3. The predicted molar refractivity (Wildman–Crippen MR) is 99.0 cm³/mol. The third kappa shape index (κ3) is 4.17. The van der Waals surface area contributed by atoms with E-state index in [-0.39, 0.29) is 6.61 Å². The Bertz CT molecular complexity index is 1020. The topological polar surface area (TPSA) is 31.2 Å². The van der Waals surface area contributed by atoms with E-state index in [9.17, 15) is 18.0 Å². The van der Waals surface area contributed by atoms with Gasteiger partial charge in [-0.3, -0.25) is 0 Å². The van der Waals surface area contributed by atoms with Gasteiger partial charge in [0.2, 0.25) is 0 Å². The van der Waals surface area contributed by atoms with Gasteiger partial charge in [-0.25, -0.2) is 4.79 Å². The Morgan fingerprint density at radius 2 is 1.96 bits per heavy atom. The summed E-state index contributed by atoms with van der Waals surface area (Å²) in [5, 5.41) is 1.24. The summed E-state index contributed by atoms with van der Waals surface area (Å²) in [6.07, 6.45) is -1.71. The van der Waals surface area contributed by atoms with Gasteiger partial charge in [-0.05, 0) is 55.5 Å². The summed E-state index contributed by atoms with van der Waals surface area (Å²) in [5.41, 5.74) is 0.767. The van der Waals surface area contributed by atoms with Crippen molar-refractivity contribution in [3.8, 4) is 5.69 Å². The van der Waals surface area contributed by atoms with Crippen molar-refractivity contribution in [3.63, 3.8) is 0 Å². The number of fused-ring (bicyclic) bond motifs is 1. The first-order chi connectivity index (χ1) is 12.8. The quantitative estimate of drug-likeness (QED) is 0.409. The van der Waals surface area contributed by atoms with Crippen LogP contribution in [-0.4, -0.2) is 17.1 Å². The first-order valence-electron chi connectivity index (χ1n) is 8.13. The van der Waals surface area contributed by atoms with Crippen molar-refractivity contribution >= 4 is 34.5 Å². The van der Waals surface area contributed by atoms with Crippen LogP contribution in [0.15, 0.2) is 54.6 Å². The van der Waals surface area contributed by atoms with Gasteiger partial charge in [0.25, 0.3) is 0 Å². The van der Waals surface area contributed by atoms with Gasteiger partial charge in [0, 0.05) is 27.9 Å². The van der Waals surface area contributed by atoms with Crippen molar-refractivity contribution < 1.29 is 22.7 Å². The molecule has 0 spiro atoms. The number of carbonyl (C=O) groups excluding carboxylic acids is 1. The largest absolute Gasteiger partial charge is 0.463 e. The minimum absolute atomic E-state index is 0.232. The molecular formula is C20H15ClF3NO2. The molecule has 0 aliphatic rings. The monoisotopic (exact) mass is 393 g/mol. The molecule has 0 atom stereocenters. The molecule has 1 heterocycles. The summed E-state index contributed by atoms with van der Waals surface area (Å²) in [5.74, 6) is -0.531. The molecule has 7 heteroatoms. The van der Waals surface area contributed by atoms with E-state index in [0.717, 1.165) is 17.5 Å². The van der Waals surface area contributed by atoms with Crippen molar-refractivity contribution in [1.82, 2.24) is 4.57 Å². The Morgan fingerprint density at radius 3 is 2.67 bits per heavy atom. The van der Waals surface area contributed by atoms with E-state index in [1.54, 1.807) is 41.8 Å². The smallest absolute Gasteiger partial charge is 0.416 e. The van der Waals surface area contributed by atoms with Crippen molar-refractivity contribution in [2.45, 2.75) is 13.1 Å². The van der Waals surface area contributed by atoms with Crippen LogP contribution in [0.4, 0.5) is 13.2 Å². The molecule has 27 heavy (non-hydrogen) atoms. The van der Waals surface area contributed by atoms with Crippen LogP contribution in [0.3, 0.4) is 0 Å². The highest BCUT2D eigenvalue weighted by atomic mass is 35.5. The van der Waals surface area contributed by atoms with Crippen LogP contribution in [0.25, 0.3) is 22.7 Å². The third-order valence-corrected chi connectivity index (χ3v) is 4.14. The number of ether oxygens (including phenoxy) is 1. The van der Waals surface area contributed by atoms with Crippen LogP contribution in [0, 0.1) is 0 Å². The lowest BCUT2D eigenvalue weighted by Gasteiger charge is -2.12. The average molecular weight is 394 g/mol. The molecule has 0 aliphatic carbocycles. The minimum Gasteiger partial charge on any atom is -0.463 e. The number of hydrogen-bond acceptors (Lipinski definition) is 2. The fourth-order valence-electron chi connectivity index (χ4n) is 2.78. The summed E-state index contributed by atoms with van der Waals surface area (Å²) < 4.78 is 45.8. The van der Waals surface area contributed by atoms with Crippen LogP contribution >= 0.6 is 11.6 Å². The second-order valence-electron chi connectivity index (χ2n) is 5.74. The van der Waals surface area contributed by atoms with Gasteiger partial charge >= 0.3 is 12.1 Å². The fraction of sp³-hybridized carbons (Fsp3) is 0.150. The van der Waals surface area contributed by atoms with Crippen LogP contribution in [0.5, 0.6) is 0 Å². The number of benzene rings is 2. The molecule has 0 saturated heterocycles. The molecule has 0 radical (unpaired) electrons. The molecule has 2 aromatic carbocycles. The molecule has 3 nitrogen and oxygen atoms in total. The zero-order valence-electron chi connectivity index (χ0n) is 14.3. The highest BCUT2D eigenvalue weighted by molar-refractivity contribution is 6.31. The number of carbonyl (C=O) groups is 1. The van der Waals surface area contributed by atoms with Gasteiger partial charge in [0.05, 0.1) is 17.7 Å². The van der Waals surface area contributed by atoms with Crippen LogP contribution in [0.2, 0.25) is 5.02 Å². The normalized spacial score (nSPS) is 12.0. The summed E-state index contributed by atoms with van der Waals surface area (Å²) >= 11 is 6.03. The number of aromatic nitrogens is 1. The molecule has 0 fully saturated rings. The van der Waals surface area contributed by atoms with Gasteiger partial charge in [-0.1, -0.05) is 17.7 Å². The van der Waals surface area contributed by atoms with E-state index < -0.39 is 17.7 Å². The molecule has 0 aliphatic heterocycles. The third-order valence-electron chi connectivity index (χ3n) is 3.90. The fourth-order valence-corrected chi connectivity index (χ4v) is 2.96. The van der Waals surface area contributed by atoms with E-state index >= 15 is 0 Å². The first-order valence-corrected chi connectivity index (χ1v) is 8.51. The van der Waals surface area contributed by atoms with Crippen LogP contribution in [0.1, 0.15) is 18.2 Å². The molecule has 1 aromatic heterocycles. The van der Waals surface area contributed by atoms with Crippen molar-refractivity contribution in [2.75, 3.05) is 6.61 Å².